The summed E-state index contributed by atoms with van der Waals surface area (Å²) in [6.45, 7) is 7.49. The average molecular weight is 276 g/mol. The first kappa shape index (κ1) is 15.0. The number of rotatable bonds is 4. The number of hydrazine groups is 1. The number of hydrogen-bond acceptors (Lipinski definition) is 4. The van der Waals surface area contributed by atoms with Gasteiger partial charge in [-0.25, -0.2) is 5.84 Å². The Hall–Kier alpha value is -1.43. The summed E-state index contributed by atoms with van der Waals surface area (Å²) in [4.78, 5) is 16.0. The lowest BCUT2D eigenvalue weighted by Gasteiger charge is -2.21. The zero-order valence-corrected chi connectivity index (χ0v) is 12.1. The van der Waals surface area contributed by atoms with Crippen molar-refractivity contribution in [3.05, 3.63) is 35.9 Å². The summed E-state index contributed by atoms with van der Waals surface area (Å²) in [6.07, 6.45) is 0. The van der Waals surface area contributed by atoms with Crippen LogP contribution in [0, 0.1) is 5.92 Å². The minimum absolute atomic E-state index is 0.117. The SMILES string of the molecule is CC1CN(CC(=O)NN)CCN(Cc2ccccc2)C1. The first-order valence-corrected chi connectivity index (χ1v) is 7.15. The van der Waals surface area contributed by atoms with Gasteiger partial charge in [-0.3, -0.25) is 20.0 Å². The summed E-state index contributed by atoms with van der Waals surface area (Å²) in [5, 5.41) is 0. The van der Waals surface area contributed by atoms with Crippen LogP contribution in [0.1, 0.15) is 12.5 Å². The molecule has 1 heterocycles. The molecule has 1 aliphatic rings. The lowest BCUT2D eigenvalue weighted by Crippen LogP contribution is -2.42. The zero-order valence-electron chi connectivity index (χ0n) is 12.1. The zero-order chi connectivity index (χ0) is 14.4. The molecule has 1 aromatic carbocycles. The Labute approximate surface area is 120 Å². The molecule has 1 fully saturated rings. The minimum Gasteiger partial charge on any atom is -0.298 e. The fourth-order valence-electron chi connectivity index (χ4n) is 2.78. The molecule has 1 aliphatic heterocycles. The third kappa shape index (κ3) is 4.59. The Morgan fingerprint density at radius 2 is 1.90 bits per heavy atom. The van der Waals surface area contributed by atoms with Crippen LogP contribution < -0.4 is 11.3 Å². The number of benzene rings is 1. The molecule has 5 nitrogen and oxygen atoms in total. The molecule has 3 N–H and O–H groups in total. The highest BCUT2D eigenvalue weighted by atomic mass is 16.2. The Kier molecular flexibility index (Phi) is 5.52. The quantitative estimate of drug-likeness (QED) is 0.476. The molecular formula is C15H24N4O. The summed E-state index contributed by atoms with van der Waals surface area (Å²) in [7, 11) is 0. The lowest BCUT2D eigenvalue weighted by atomic mass is 10.1. The number of nitrogens with zero attached hydrogens (tertiary/aromatic N) is 2. The van der Waals surface area contributed by atoms with E-state index in [0.29, 0.717) is 12.5 Å². The van der Waals surface area contributed by atoms with E-state index in [0.717, 1.165) is 32.7 Å². The number of carbonyl (C=O) groups is 1. The van der Waals surface area contributed by atoms with Gasteiger partial charge >= 0.3 is 0 Å². The van der Waals surface area contributed by atoms with E-state index in [2.05, 4.69) is 46.4 Å². The Bertz CT molecular complexity index is 423. The van der Waals surface area contributed by atoms with Crippen LogP contribution in [0.3, 0.4) is 0 Å². The first-order valence-electron chi connectivity index (χ1n) is 7.15. The fraction of sp³-hybridized carbons (Fsp3) is 0.533. The molecule has 110 valence electrons. The van der Waals surface area contributed by atoms with Crippen molar-refractivity contribution >= 4 is 5.91 Å². The van der Waals surface area contributed by atoms with E-state index >= 15 is 0 Å². The Morgan fingerprint density at radius 3 is 2.60 bits per heavy atom. The number of amides is 1. The molecule has 0 aliphatic carbocycles. The van der Waals surface area contributed by atoms with Crippen LogP contribution in [0.15, 0.2) is 30.3 Å². The minimum atomic E-state index is -0.117. The highest BCUT2D eigenvalue weighted by Gasteiger charge is 2.21. The van der Waals surface area contributed by atoms with Gasteiger partial charge in [-0.05, 0) is 11.5 Å². The van der Waals surface area contributed by atoms with Crippen LogP contribution in [-0.4, -0.2) is 48.4 Å². The largest absolute Gasteiger partial charge is 0.298 e. The van der Waals surface area contributed by atoms with Gasteiger partial charge < -0.3 is 0 Å². The second-order valence-corrected chi connectivity index (χ2v) is 5.63. The second kappa shape index (κ2) is 7.38. The van der Waals surface area contributed by atoms with Gasteiger partial charge in [0.05, 0.1) is 6.54 Å². The molecule has 0 spiro atoms. The van der Waals surface area contributed by atoms with Gasteiger partial charge in [-0.2, -0.15) is 0 Å². The molecule has 0 radical (unpaired) electrons. The number of carbonyl (C=O) groups excluding carboxylic acids is 1. The molecule has 0 aromatic heterocycles. The predicted molar refractivity (Wildman–Crippen MR) is 79.7 cm³/mol. The smallest absolute Gasteiger partial charge is 0.248 e. The van der Waals surface area contributed by atoms with Crippen molar-refractivity contribution in [2.24, 2.45) is 11.8 Å². The third-order valence-corrected chi connectivity index (χ3v) is 3.65. The summed E-state index contributed by atoms with van der Waals surface area (Å²) in [5.41, 5.74) is 3.54. The van der Waals surface area contributed by atoms with Crippen LogP contribution in [-0.2, 0) is 11.3 Å². The van der Waals surface area contributed by atoms with E-state index in [4.69, 9.17) is 5.84 Å². The summed E-state index contributed by atoms with van der Waals surface area (Å²) < 4.78 is 0. The molecule has 1 aromatic rings. The molecule has 1 unspecified atom stereocenters. The molecule has 1 saturated heterocycles. The lowest BCUT2D eigenvalue weighted by molar-refractivity contribution is -0.122. The average Bonchev–Trinajstić information content (AvgIpc) is 2.61. The van der Waals surface area contributed by atoms with Gasteiger partial charge in [0, 0.05) is 32.7 Å². The van der Waals surface area contributed by atoms with Crippen molar-refractivity contribution < 1.29 is 4.79 Å². The summed E-state index contributed by atoms with van der Waals surface area (Å²) in [6, 6.07) is 10.5. The molecule has 5 heteroatoms. The third-order valence-electron chi connectivity index (χ3n) is 3.65. The molecule has 1 amide bonds. The maximum absolute atomic E-state index is 11.4. The molecule has 20 heavy (non-hydrogen) atoms. The Morgan fingerprint density at radius 1 is 1.25 bits per heavy atom. The van der Waals surface area contributed by atoms with Crippen LogP contribution in [0.2, 0.25) is 0 Å². The van der Waals surface area contributed by atoms with Gasteiger partial charge in [0.25, 0.3) is 0 Å². The van der Waals surface area contributed by atoms with E-state index in [1.807, 2.05) is 6.07 Å². The topological polar surface area (TPSA) is 61.6 Å². The maximum atomic E-state index is 11.4. The first-order chi connectivity index (χ1) is 9.67. The van der Waals surface area contributed by atoms with Crippen molar-refractivity contribution in [1.29, 1.82) is 0 Å². The van der Waals surface area contributed by atoms with E-state index in [1.54, 1.807) is 0 Å². The predicted octanol–water partition coefficient (Wildman–Crippen LogP) is 0.430. The maximum Gasteiger partial charge on any atom is 0.248 e. The van der Waals surface area contributed by atoms with Crippen LogP contribution in [0.4, 0.5) is 0 Å². The molecule has 2 rings (SSSR count). The van der Waals surface area contributed by atoms with Gasteiger partial charge in [0.1, 0.15) is 0 Å². The molecule has 0 bridgehead atoms. The van der Waals surface area contributed by atoms with Gasteiger partial charge in [0.15, 0.2) is 0 Å². The number of nitrogens with two attached hydrogens (primary N) is 1. The highest BCUT2D eigenvalue weighted by molar-refractivity contribution is 5.77. The fourth-order valence-corrected chi connectivity index (χ4v) is 2.78. The summed E-state index contributed by atoms with van der Waals surface area (Å²) >= 11 is 0. The summed E-state index contributed by atoms with van der Waals surface area (Å²) in [5.74, 6) is 5.59. The van der Waals surface area contributed by atoms with Crippen LogP contribution in [0.5, 0.6) is 0 Å². The Balaban J connectivity index is 1.89. The number of nitrogens with one attached hydrogen (secondary N) is 1. The van der Waals surface area contributed by atoms with Crippen LogP contribution in [0.25, 0.3) is 0 Å². The van der Waals surface area contributed by atoms with Gasteiger partial charge in [0.2, 0.25) is 5.91 Å². The van der Waals surface area contributed by atoms with Crippen molar-refractivity contribution in [3.63, 3.8) is 0 Å². The van der Waals surface area contributed by atoms with Crippen molar-refractivity contribution in [2.45, 2.75) is 13.5 Å². The van der Waals surface area contributed by atoms with Crippen LogP contribution >= 0.6 is 0 Å². The highest BCUT2D eigenvalue weighted by Crippen LogP contribution is 2.12. The second-order valence-electron chi connectivity index (χ2n) is 5.63. The van der Waals surface area contributed by atoms with Crippen molar-refractivity contribution in [1.82, 2.24) is 15.2 Å². The van der Waals surface area contributed by atoms with E-state index in [1.165, 1.54) is 5.56 Å². The van der Waals surface area contributed by atoms with E-state index < -0.39 is 0 Å². The van der Waals surface area contributed by atoms with E-state index in [-0.39, 0.29) is 5.91 Å². The van der Waals surface area contributed by atoms with Crippen molar-refractivity contribution in [2.75, 3.05) is 32.7 Å². The van der Waals surface area contributed by atoms with Gasteiger partial charge in [-0.15, -0.1) is 0 Å². The van der Waals surface area contributed by atoms with E-state index in [9.17, 15) is 4.79 Å². The molecular weight excluding hydrogens is 252 g/mol. The normalized spacial score (nSPS) is 21.4. The monoisotopic (exact) mass is 276 g/mol. The van der Waals surface area contributed by atoms with Crippen molar-refractivity contribution in [3.8, 4) is 0 Å². The number of hydrogen-bond donors (Lipinski definition) is 2. The van der Waals surface area contributed by atoms with Gasteiger partial charge in [-0.1, -0.05) is 37.3 Å². The molecule has 0 saturated carbocycles. The molecule has 1 atom stereocenters. The standard InChI is InChI=1S/C15H24N4O/c1-13-9-18(11-14-5-3-2-4-6-14)7-8-19(10-13)12-15(20)17-16/h2-6,13H,7-12,16H2,1H3,(H,17,20).